The number of likely N-dealkylation sites (N-methyl/N-ethyl adjacent to an activating group) is 1. The Labute approximate surface area is 143 Å². The molecule has 0 aliphatic carbocycles. The van der Waals surface area contributed by atoms with Gasteiger partial charge in [0.05, 0.1) is 0 Å². The molecule has 0 radical (unpaired) electrons. The van der Waals surface area contributed by atoms with Gasteiger partial charge < -0.3 is 15.1 Å². The van der Waals surface area contributed by atoms with Crippen molar-refractivity contribution in [1.82, 2.24) is 14.9 Å². The topological polar surface area (TPSA) is 91.6 Å². The number of carbonyl (C=O) groups is 1. The number of aryl methyl sites for hydroxylation is 1. The minimum absolute atomic E-state index is 0. The lowest BCUT2D eigenvalue weighted by Gasteiger charge is -2.14. The quantitative estimate of drug-likeness (QED) is 0.707. The van der Waals surface area contributed by atoms with Crippen LogP contribution in [0, 0.1) is 6.92 Å². The molecule has 132 valence electrons. The van der Waals surface area contributed by atoms with Crippen molar-refractivity contribution in [3.8, 4) is 0 Å². The highest BCUT2D eigenvalue weighted by Crippen LogP contribution is 2.26. The van der Waals surface area contributed by atoms with Crippen LogP contribution >= 0.6 is 12.4 Å². The van der Waals surface area contributed by atoms with Crippen molar-refractivity contribution in [2.75, 3.05) is 32.7 Å². The number of sulfonamides is 1. The van der Waals surface area contributed by atoms with E-state index in [9.17, 15) is 13.2 Å². The summed E-state index contributed by atoms with van der Waals surface area (Å²) in [6.45, 7) is 6.54. The number of nitrogens with one attached hydrogen (secondary N) is 2. The summed E-state index contributed by atoms with van der Waals surface area (Å²) in [6.07, 6.45) is 1.74. The van der Waals surface area contributed by atoms with Crippen molar-refractivity contribution >= 4 is 28.3 Å². The smallest absolute Gasteiger partial charge is 0.287 e. The van der Waals surface area contributed by atoms with E-state index < -0.39 is 15.9 Å². The van der Waals surface area contributed by atoms with Gasteiger partial charge in [-0.3, -0.25) is 4.79 Å². The second-order valence-electron chi connectivity index (χ2n) is 5.25. The Morgan fingerprint density at radius 3 is 2.57 bits per heavy atom. The number of hydrogen-bond acceptors (Lipinski definition) is 5. The lowest BCUT2D eigenvalue weighted by atomic mass is 10.4. The van der Waals surface area contributed by atoms with E-state index in [1.54, 1.807) is 6.92 Å². The van der Waals surface area contributed by atoms with Gasteiger partial charge in [-0.15, -0.1) is 12.4 Å². The Balaban J connectivity index is 0.00000264. The molecule has 1 aromatic rings. The molecule has 0 bridgehead atoms. The van der Waals surface area contributed by atoms with Gasteiger partial charge in [-0.2, -0.15) is 4.31 Å². The number of nitrogens with zero attached hydrogens (tertiary/aromatic N) is 1. The Hall–Kier alpha value is -1.09. The van der Waals surface area contributed by atoms with E-state index in [0.29, 0.717) is 26.2 Å². The zero-order valence-electron chi connectivity index (χ0n) is 13.4. The number of carbonyl (C=O) groups excluding carboxylic acids is 1. The summed E-state index contributed by atoms with van der Waals surface area (Å²) in [4.78, 5) is 12.1. The molecule has 23 heavy (non-hydrogen) atoms. The summed E-state index contributed by atoms with van der Waals surface area (Å²) in [5.41, 5.74) is 0. The summed E-state index contributed by atoms with van der Waals surface area (Å²) in [6, 6.07) is 1.32. The highest BCUT2D eigenvalue weighted by molar-refractivity contribution is 7.89. The largest absolute Gasteiger partial charge is 0.455 e. The van der Waals surface area contributed by atoms with Crippen LogP contribution in [0.1, 0.15) is 36.1 Å². The molecular weight excluding hydrogens is 342 g/mol. The SMILES string of the molecule is CCNCCNC(=O)c1cc(S(=O)(=O)N2CCCC2)c(C)o1.Cl. The molecule has 2 rings (SSSR count). The Bertz CT molecular complexity index is 624. The van der Waals surface area contributed by atoms with Crippen LogP contribution in [-0.4, -0.2) is 51.4 Å². The summed E-state index contributed by atoms with van der Waals surface area (Å²) in [7, 11) is -3.56. The summed E-state index contributed by atoms with van der Waals surface area (Å²) < 4.78 is 31.8. The zero-order valence-corrected chi connectivity index (χ0v) is 15.1. The molecule has 0 unspecified atom stereocenters. The first-order valence-electron chi connectivity index (χ1n) is 7.56. The van der Waals surface area contributed by atoms with Crippen molar-refractivity contribution < 1.29 is 17.6 Å². The molecule has 2 N–H and O–H groups in total. The average Bonchev–Trinajstić information content (AvgIpc) is 3.13. The van der Waals surface area contributed by atoms with Gasteiger partial charge in [-0.05, 0) is 26.3 Å². The Morgan fingerprint density at radius 1 is 1.30 bits per heavy atom. The molecule has 0 saturated carbocycles. The first-order chi connectivity index (χ1) is 10.5. The molecule has 1 aliphatic rings. The van der Waals surface area contributed by atoms with E-state index in [-0.39, 0.29) is 28.8 Å². The molecule has 9 heteroatoms. The fraction of sp³-hybridized carbons (Fsp3) is 0.643. The highest BCUT2D eigenvalue weighted by atomic mass is 35.5. The van der Waals surface area contributed by atoms with Crippen LogP contribution in [0.5, 0.6) is 0 Å². The van der Waals surface area contributed by atoms with Gasteiger partial charge in [0.1, 0.15) is 10.7 Å². The van der Waals surface area contributed by atoms with E-state index in [1.807, 2.05) is 6.92 Å². The zero-order chi connectivity index (χ0) is 16.2. The summed E-state index contributed by atoms with van der Waals surface area (Å²) in [5, 5.41) is 5.78. The predicted molar refractivity (Wildman–Crippen MR) is 89.6 cm³/mol. The number of amides is 1. The standard InChI is InChI=1S/C14H23N3O4S.ClH/c1-3-15-6-7-16-14(18)12-10-13(11(2)21-12)22(19,20)17-8-4-5-9-17;/h10,15H,3-9H2,1-2H3,(H,16,18);1H. The van der Waals surface area contributed by atoms with Gasteiger partial charge in [-0.25, -0.2) is 8.42 Å². The van der Waals surface area contributed by atoms with Crippen molar-refractivity contribution in [1.29, 1.82) is 0 Å². The van der Waals surface area contributed by atoms with Gasteiger partial charge >= 0.3 is 0 Å². The van der Waals surface area contributed by atoms with Gasteiger partial charge in [0.15, 0.2) is 5.76 Å². The van der Waals surface area contributed by atoms with Crippen molar-refractivity contribution in [3.05, 3.63) is 17.6 Å². The first kappa shape index (κ1) is 20.0. The van der Waals surface area contributed by atoms with Crippen LogP contribution in [0.3, 0.4) is 0 Å². The Morgan fingerprint density at radius 2 is 1.96 bits per heavy atom. The van der Waals surface area contributed by atoms with Crippen LogP contribution < -0.4 is 10.6 Å². The van der Waals surface area contributed by atoms with E-state index in [0.717, 1.165) is 19.4 Å². The van der Waals surface area contributed by atoms with E-state index in [1.165, 1.54) is 10.4 Å². The lowest BCUT2D eigenvalue weighted by Crippen LogP contribution is -2.31. The van der Waals surface area contributed by atoms with Crippen molar-refractivity contribution in [3.63, 3.8) is 0 Å². The van der Waals surface area contributed by atoms with Crippen LogP contribution in [0.15, 0.2) is 15.4 Å². The first-order valence-corrected chi connectivity index (χ1v) is 9.00. The van der Waals surface area contributed by atoms with Gasteiger partial charge in [-0.1, -0.05) is 6.92 Å². The molecule has 1 aliphatic heterocycles. The van der Waals surface area contributed by atoms with Crippen LogP contribution in [0.4, 0.5) is 0 Å². The van der Waals surface area contributed by atoms with Crippen LogP contribution in [0.25, 0.3) is 0 Å². The monoisotopic (exact) mass is 365 g/mol. The average molecular weight is 366 g/mol. The second-order valence-corrected chi connectivity index (χ2v) is 7.16. The minimum Gasteiger partial charge on any atom is -0.455 e. The molecule has 0 spiro atoms. The third-order valence-electron chi connectivity index (χ3n) is 3.62. The molecule has 1 amide bonds. The van der Waals surface area contributed by atoms with Crippen LogP contribution in [0.2, 0.25) is 0 Å². The maximum absolute atomic E-state index is 12.5. The molecule has 0 atom stereocenters. The maximum atomic E-state index is 12.5. The second kappa shape index (κ2) is 8.68. The molecular formula is C14H24ClN3O4S. The fourth-order valence-electron chi connectivity index (χ4n) is 2.43. The fourth-order valence-corrected chi connectivity index (χ4v) is 4.11. The van der Waals surface area contributed by atoms with Crippen molar-refractivity contribution in [2.45, 2.75) is 31.6 Å². The molecule has 2 heterocycles. The number of hydrogen-bond donors (Lipinski definition) is 2. The minimum atomic E-state index is -3.56. The normalized spacial score (nSPS) is 15.4. The molecule has 1 aromatic heterocycles. The predicted octanol–water partition coefficient (Wildman–Crippen LogP) is 1.13. The van der Waals surface area contributed by atoms with Crippen LogP contribution in [-0.2, 0) is 10.0 Å². The van der Waals surface area contributed by atoms with Gasteiger partial charge in [0, 0.05) is 32.2 Å². The van der Waals surface area contributed by atoms with Crippen molar-refractivity contribution in [2.24, 2.45) is 0 Å². The summed E-state index contributed by atoms with van der Waals surface area (Å²) in [5.74, 6) is -0.112. The van der Waals surface area contributed by atoms with Gasteiger partial charge in [0.25, 0.3) is 5.91 Å². The maximum Gasteiger partial charge on any atom is 0.287 e. The summed E-state index contributed by atoms with van der Waals surface area (Å²) >= 11 is 0. The highest BCUT2D eigenvalue weighted by Gasteiger charge is 2.31. The molecule has 0 aromatic carbocycles. The van der Waals surface area contributed by atoms with E-state index in [2.05, 4.69) is 10.6 Å². The molecule has 7 nitrogen and oxygen atoms in total. The van der Waals surface area contributed by atoms with E-state index >= 15 is 0 Å². The number of rotatable bonds is 7. The number of halogens is 1. The van der Waals surface area contributed by atoms with Gasteiger partial charge in [0.2, 0.25) is 10.0 Å². The third-order valence-corrected chi connectivity index (χ3v) is 5.62. The lowest BCUT2D eigenvalue weighted by molar-refractivity contribution is 0.0925. The Kier molecular flexibility index (Phi) is 7.53. The number of furan rings is 1. The molecule has 1 fully saturated rings. The van der Waals surface area contributed by atoms with E-state index in [4.69, 9.17) is 4.42 Å². The third kappa shape index (κ3) is 4.69. The molecule has 1 saturated heterocycles.